The molecule has 0 amide bonds. The van der Waals surface area contributed by atoms with E-state index in [2.05, 4.69) is 0 Å². The Hall–Kier alpha value is -2.35. The summed E-state index contributed by atoms with van der Waals surface area (Å²) in [6.07, 6.45) is 4.47. The normalized spacial score (nSPS) is 11.0. The predicted octanol–water partition coefficient (Wildman–Crippen LogP) is 4.22. The topological polar surface area (TPSA) is 37.3 Å². The van der Waals surface area contributed by atoms with E-state index in [1.165, 1.54) is 0 Å². The molecule has 2 heteroatoms. The second-order valence-electron chi connectivity index (χ2n) is 5.30. The Morgan fingerprint density at radius 2 is 1.86 bits per heavy atom. The Morgan fingerprint density at radius 3 is 2.57 bits per heavy atom. The Labute approximate surface area is 125 Å². The molecule has 0 aliphatic carbocycles. The molecule has 2 aromatic carbocycles. The van der Waals surface area contributed by atoms with E-state index in [9.17, 15) is 9.90 Å². The molecule has 21 heavy (non-hydrogen) atoms. The molecule has 0 heterocycles. The number of carbonyl (C=O) groups is 1. The van der Waals surface area contributed by atoms with Crippen LogP contribution in [0.25, 0.3) is 6.08 Å². The largest absolute Gasteiger partial charge is 0.507 e. The lowest BCUT2D eigenvalue weighted by molar-refractivity contribution is -0.114. The van der Waals surface area contributed by atoms with E-state index in [0.717, 1.165) is 23.1 Å². The number of phenolic OH excluding ortho intramolecular Hbond substituents is 1. The van der Waals surface area contributed by atoms with E-state index in [0.29, 0.717) is 12.0 Å². The van der Waals surface area contributed by atoms with Crippen molar-refractivity contribution in [2.75, 3.05) is 0 Å². The van der Waals surface area contributed by atoms with E-state index >= 15 is 0 Å². The number of hydrogen-bond donors (Lipinski definition) is 1. The molecule has 0 aromatic heterocycles. The maximum Gasteiger partial charge on any atom is 0.156 e. The number of hydrogen-bond acceptors (Lipinski definition) is 2. The molecule has 0 aliphatic rings. The van der Waals surface area contributed by atoms with Gasteiger partial charge in [-0.05, 0) is 49.6 Å². The van der Waals surface area contributed by atoms with Crippen molar-refractivity contribution in [1.29, 1.82) is 0 Å². The molecular weight excluding hydrogens is 260 g/mol. The highest BCUT2D eigenvalue weighted by molar-refractivity contribution is 5.94. The molecule has 0 aliphatic heterocycles. The van der Waals surface area contributed by atoms with Crippen molar-refractivity contribution in [3.8, 4) is 5.75 Å². The standard InChI is InChI=1S/C19H20O2/c1-14-12-15(2)19(21)17(13-14)9-11-18(20)10-8-16-6-4-3-5-7-16/h3-7,9,11-13,21H,8,10H2,1-2H3/b11-9+. The van der Waals surface area contributed by atoms with E-state index < -0.39 is 0 Å². The molecule has 0 spiro atoms. The first-order valence-electron chi connectivity index (χ1n) is 7.11. The Bertz CT molecular complexity index is 655. The van der Waals surface area contributed by atoms with Gasteiger partial charge >= 0.3 is 0 Å². The summed E-state index contributed by atoms with van der Waals surface area (Å²) in [4.78, 5) is 11.9. The monoisotopic (exact) mass is 280 g/mol. The summed E-state index contributed by atoms with van der Waals surface area (Å²) in [6.45, 7) is 3.83. The highest BCUT2D eigenvalue weighted by Gasteiger charge is 2.04. The third-order valence-electron chi connectivity index (χ3n) is 3.43. The van der Waals surface area contributed by atoms with Gasteiger partial charge in [-0.25, -0.2) is 0 Å². The minimum absolute atomic E-state index is 0.0670. The maximum absolute atomic E-state index is 11.9. The summed E-state index contributed by atoms with van der Waals surface area (Å²) in [5.41, 5.74) is 3.75. The average Bonchev–Trinajstić information content (AvgIpc) is 2.48. The molecular formula is C19H20O2. The summed E-state index contributed by atoms with van der Waals surface area (Å²) < 4.78 is 0. The van der Waals surface area contributed by atoms with Crippen LogP contribution in [0.2, 0.25) is 0 Å². The number of phenols is 1. The summed E-state index contributed by atoms with van der Waals surface area (Å²) in [5, 5.41) is 9.98. The zero-order valence-electron chi connectivity index (χ0n) is 12.5. The van der Waals surface area contributed by atoms with Crippen LogP contribution in [-0.4, -0.2) is 10.9 Å². The molecule has 0 bridgehead atoms. The van der Waals surface area contributed by atoms with Crippen molar-refractivity contribution in [3.05, 3.63) is 70.8 Å². The van der Waals surface area contributed by atoms with Gasteiger partial charge in [0.1, 0.15) is 5.75 Å². The summed E-state index contributed by atoms with van der Waals surface area (Å²) in [7, 11) is 0. The minimum atomic E-state index is 0.0670. The highest BCUT2D eigenvalue weighted by atomic mass is 16.3. The number of aryl methyl sites for hydroxylation is 3. The fourth-order valence-electron chi connectivity index (χ4n) is 2.30. The fourth-order valence-corrected chi connectivity index (χ4v) is 2.30. The molecule has 2 aromatic rings. The maximum atomic E-state index is 11.9. The Morgan fingerprint density at radius 1 is 1.14 bits per heavy atom. The molecule has 1 N–H and O–H groups in total. The molecule has 0 saturated heterocycles. The van der Waals surface area contributed by atoms with Gasteiger partial charge in [-0.2, -0.15) is 0 Å². The quantitative estimate of drug-likeness (QED) is 0.832. The third kappa shape index (κ3) is 4.32. The van der Waals surface area contributed by atoms with Crippen molar-refractivity contribution in [2.45, 2.75) is 26.7 Å². The van der Waals surface area contributed by atoms with Crippen LogP contribution in [0.5, 0.6) is 5.75 Å². The first kappa shape index (κ1) is 15.0. The lowest BCUT2D eigenvalue weighted by atomic mass is 10.0. The van der Waals surface area contributed by atoms with E-state index in [4.69, 9.17) is 0 Å². The second kappa shape index (κ2) is 6.89. The number of ketones is 1. The van der Waals surface area contributed by atoms with Crippen LogP contribution in [0, 0.1) is 13.8 Å². The summed E-state index contributed by atoms with van der Waals surface area (Å²) in [5.74, 6) is 0.310. The van der Waals surface area contributed by atoms with Gasteiger partial charge in [-0.3, -0.25) is 4.79 Å². The second-order valence-corrected chi connectivity index (χ2v) is 5.30. The smallest absolute Gasteiger partial charge is 0.156 e. The fraction of sp³-hybridized carbons (Fsp3) is 0.211. The average molecular weight is 280 g/mol. The first-order valence-corrected chi connectivity index (χ1v) is 7.11. The number of aromatic hydroxyl groups is 1. The number of benzene rings is 2. The molecule has 0 radical (unpaired) electrons. The molecule has 2 nitrogen and oxygen atoms in total. The van der Waals surface area contributed by atoms with Crippen molar-refractivity contribution >= 4 is 11.9 Å². The molecule has 0 unspecified atom stereocenters. The SMILES string of the molecule is Cc1cc(C)c(O)c(/C=C/C(=O)CCc2ccccc2)c1. The molecule has 0 atom stereocenters. The summed E-state index contributed by atoms with van der Waals surface area (Å²) >= 11 is 0. The predicted molar refractivity (Wildman–Crippen MR) is 86.4 cm³/mol. The van der Waals surface area contributed by atoms with Crippen LogP contribution >= 0.6 is 0 Å². The lowest BCUT2D eigenvalue weighted by Crippen LogP contribution is -1.96. The van der Waals surface area contributed by atoms with Crippen LogP contribution in [0.3, 0.4) is 0 Å². The van der Waals surface area contributed by atoms with E-state index in [1.807, 2.05) is 56.3 Å². The third-order valence-corrected chi connectivity index (χ3v) is 3.43. The molecule has 2 rings (SSSR count). The van der Waals surface area contributed by atoms with Crippen LogP contribution in [-0.2, 0) is 11.2 Å². The van der Waals surface area contributed by atoms with Gasteiger partial charge in [0.2, 0.25) is 0 Å². The lowest BCUT2D eigenvalue weighted by Gasteiger charge is -2.05. The van der Waals surface area contributed by atoms with Crippen molar-refractivity contribution in [1.82, 2.24) is 0 Å². The molecule has 0 fully saturated rings. The van der Waals surface area contributed by atoms with Gasteiger partial charge in [0.05, 0.1) is 0 Å². The van der Waals surface area contributed by atoms with Crippen molar-refractivity contribution in [2.24, 2.45) is 0 Å². The van der Waals surface area contributed by atoms with Gasteiger partial charge in [-0.1, -0.05) is 42.0 Å². The van der Waals surface area contributed by atoms with E-state index in [1.54, 1.807) is 12.2 Å². The zero-order chi connectivity index (χ0) is 15.2. The highest BCUT2D eigenvalue weighted by Crippen LogP contribution is 2.24. The minimum Gasteiger partial charge on any atom is -0.507 e. The van der Waals surface area contributed by atoms with Gasteiger partial charge in [0, 0.05) is 12.0 Å². The van der Waals surface area contributed by atoms with Crippen molar-refractivity contribution in [3.63, 3.8) is 0 Å². The van der Waals surface area contributed by atoms with Crippen LogP contribution in [0.4, 0.5) is 0 Å². The zero-order valence-corrected chi connectivity index (χ0v) is 12.5. The van der Waals surface area contributed by atoms with E-state index in [-0.39, 0.29) is 11.5 Å². The van der Waals surface area contributed by atoms with Gasteiger partial charge in [0.25, 0.3) is 0 Å². The van der Waals surface area contributed by atoms with Gasteiger partial charge in [-0.15, -0.1) is 0 Å². The Kier molecular flexibility index (Phi) is 4.94. The number of carbonyl (C=O) groups excluding carboxylic acids is 1. The summed E-state index contributed by atoms with van der Waals surface area (Å²) in [6, 6.07) is 13.8. The van der Waals surface area contributed by atoms with Crippen LogP contribution in [0.15, 0.2) is 48.5 Å². The molecule has 108 valence electrons. The first-order chi connectivity index (χ1) is 10.1. The van der Waals surface area contributed by atoms with Crippen molar-refractivity contribution < 1.29 is 9.90 Å². The van der Waals surface area contributed by atoms with Crippen LogP contribution in [0.1, 0.15) is 28.7 Å². The molecule has 0 saturated carbocycles. The van der Waals surface area contributed by atoms with Gasteiger partial charge < -0.3 is 5.11 Å². The number of rotatable bonds is 5. The van der Waals surface area contributed by atoms with Crippen LogP contribution < -0.4 is 0 Å². The van der Waals surface area contributed by atoms with Gasteiger partial charge in [0.15, 0.2) is 5.78 Å². The number of allylic oxidation sites excluding steroid dienone is 1. The Balaban J connectivity index is 1.99.